The number of rotatable bonds is 4. The Hall–Kier alpha value is -0.340. The molecule has 0 atom stereocenters. The number of ether oxygens (including phenoxy) is 1. The van der Waals surface area contributed by atoms with Gasteiger partial charge in [-0.15, -0.1) is 11.3 Å². The molecule has 0 aliphatic heterocycles. The van der Waals surface area contributed by atoms with Crippen LogP contribution in [-0.4, -0.2) is 28.1 Å². The first-order valence-electron chi connectivity index (χ1n) is 4.30. The smallest absolute Gasteiger partial charge is 0.349 e. The molecule has 1 heterocycles. The summed E-state index contributed by atoms with van der Waals surface area (Å²) in [5.74, 6) is -0.831. The lowest BCUT2D eigenvalue weighted by molar-refractivity contribution is 0.0602. The molecule has 1 aromatic heterocycles. The zero-order valence-electron chi connectivity index (χ0n) is 8.82. The van der Waals surface area contributed by atoms with Gasteiger partial charge in [-0.3, -0.25) is 4.18 Å². The molecule has 1 aromatic rings. The lowest BCUT2D eigenvalue weighted by atomic mass is 10.5. The third-order valence-electron chi connectivity index (χ3n) is 1.66. The summed E-state index contributed by atoms with van der Waals surface area (Å²) in [6, 6.07) is 0. The number of esters is 1. The molecule has 0 aliphatic carbocycles. The standard InChI is InChI=1S/C8H8Cl2O5S2/c1-3-15-17(12,13)6-4(9)7(10)16-5(6)8(11)14-2/h3H2,1-2H3. The van der Waals surface area contributed by atoms with Gasteiger partial charge in [0.2, 0.25) is 0 Å². The van der Waals surface area contributed by atoms with E-state index in [2.05, 4.69) is 8.92 Å². The molecule has 0 radical (unpaired) electrons. The van der Waals surface area contributed by atoms with E-state index in [1.54, 1.807) is 0 Å². The maximum absolute atomic E-state index is 11.7. The van der Waals surface area contributed by atoms with E-state index in [0.717, 1.165) is 18.4 Å². The maximum atomic E-state index is 11.7. The second-order valence-electron chi connectivity index (χ2n) is 2.70. The van der Waals surface area contributed by atoms with Gasteiger partial charge in [-0.25, -0.2) is 4.79 Å². The topological polar surface area (TPSA) is 69.7 Å². The van der Waals surface area contributed by atoms with Crippen molar-refractivity contribution in [3.8, 4) is 0 Å². The highest BCUT2D eigenvalue weighted by Crippen LogP contribution is 2.40. The third-order valence-corrected chi connectivity index (χ3v) is 5.32. The molecule has 0 aliphatic rings. The molecule has 96 valence electrons. The Balaban J connectivity index is 3.46. The van der Waals surface area contributed by atoms with Crippen molar-refractivity contribution in [2.45, 2.75) is 11.8 Å². The molecule has 0 bridgehead atoms. The Labute approximate surface area is 112 Å². The first-order chi connectivity index (χ1) is 7.85. The van der Waals surface area contributed by atoms with Gasteiger partial charge in [0.15, 0.2) is 0 Å². The first-order valence-corrected chi connectivity index (χ1v) is 7.28. The van der Waals surface area contributed by atoms with Gasteiger partial charge in [0.05, 0.1) is 18.7 Å². The highest BCUT2D eigenvalue weighted by molar-refractivity contribution is 7.87. The average molecular weight is 319 g/mol. The van der Waals surface area contributed by atoms with Gasteiger partial charge in [0.1, 0.15) is 14.1 Å². The Morgan fingerprint density at radius 2 is 2.00 bits per heavy atom. The number of hydrogen-bond donors (Lipinski definition) is 0. The van der Waals surface area contributed by atoms with Crippen molar-refractivity contribution in [3.63, 3.8) is 0 Å². The van der Waals surface area contributed by atoms with E-state index in [-0.39, 0.29) is 20.8 Å². The molecule has 0 amide bonds. The Morgan fingerprint density at radius 1 is 1.41 bits per heavy atom. The summed E-state index contributed by atoms with van der Waals surface area (Å²) in [6.07, 6.45) is 0. The molecule has 0 N–H and O–H groups in total. The Morgan fingerprint density at radius 3 is 2.47 bits per heavy atom. The summed E-state index contributed by atoms with van der Waals surface area (Å²) in [6.45, 7) is 1.42. The summed E-state index contributed by atoms with van der Waals surface area (Å²) in [5, 5.41) is -0.231. The zero-order valence-corrected chi connectivity index (χ0v) is 12.0. The minimum absolute atomic E-state index is 0.00894. The van der Waals surface area contributed by atoms with Crippen molar-refractivity contribution in [1.82, 2.24) is 0 Å². The highest BCUT2D eigenvalue weighted by atomic mass is 35.5. The largest absolute Gasteiger partial charge is 0.465 e. The number of methoxy groups -OCH3 is 1. The molecule has 0 aromatic carbocycles. The van der Waals surface area contributed by atoms with E-state index in [0.29, 0.717) is 0 Å². The minimum Gasteiger partial charge on any atom is -0.465 e. The van der Waals surface area contributed by atoms with Gasteiger partial charge in [-0.1, -0.05) is 23.2 Å². The van der Waals surface area contributed by atoms with Crippen molar-refractivity contribution in [3.05, 3.63) is 14.2 Å². The third kappa shape index (κ3) is 2.92. The molecule has 5 nitrogen and oxygen atoms in total. The Kier molecular flexibility index (Phi) is 4.79. The van der Waals surface area contributed by atoms with E-state index < -0.39 is 21.0 Å². The number of thiophene rings is 1. The molecule has 0 unspecified atom stereocenters. The van der Waals surface area contributed by atoms with Crippen LogP contribution in [0.15, 0.2) is 4.90 Å². The maximum Gasteiger partial charge on any atom is 0.349 e. The number of carbonyl (C=O) groups excluding carboxylic acids is 1. The van der Waals surface area contributed by atoms with Crippen LogP contribution in [0.1, 0.15) is 16.6 Å². The van der Waals surface area contributed by atoms with Crippen LogP contribution >= 0.6 is 34.5 Å². The molecular formula is C8H8Cl2O5S2. The second-order valence-corrected chi connectivity index (χ2v) is 6.25. The number of halogens is 2. The fourth-order valence-electron chi connectivity index (χ4n) is 1.03. The van der Waals surface area contributed by atoms with Crippen molar-refractivity contribution >= 4 is 50.6 Å². The van der Waals surface area contributed by atoms with Crippen molar-refractivity contribution in [2.75, 3.05) is 13.7 Å². The van der Waals surface area contributed by atoms with Crippen molar-refractivity contribution < 1.29 is 22.1 Å². The van der Waals surface area contributed by atoms with Crippen LogP contribution in [0.5, 0.6) is 0 Å². The highest BCUT2D eigenvalue weighted by Gasteiger charge is 2.31. The summed E-state index contributed by atoms with van der Waals surface area (Å²) in [7, 11) is -2.99. The van der Waals surface area contributed by atoms with Crippen LogP contribution in [0.2, 0.25) is 9.36 Å². The normalized spacial score (nSPS) is 11.5. The van der Waals surface area contributed by atoms with Gasteiger partial charge < -0.3 is 4.74 Å². The zero-order chi connectivity index (χ0) is 13.2. The van der Waals surface area contributed by atoms with E-state index in [9.17, 15) is 13.2 Å². The van der Waals surface area contributed by atoms with Crippen LogP contribution in [0, 0.1) is 0 Å². The Bertz CT molecular complexity index is 534. The van der Waals surface area contributed by atoms with Gasteiger partial charge in [-0.05, 0) is 6.92 Å². The van der Waals surface area contributed by atoms with Crippen molar-refractivity contribution in [1.29, 1.82) is 0 Å². The minimum atomic E-state index is -4.11. The fraction of sp³-hybridized carbons (Fsp3) is 0.375. The van der Waals surface area contributed by atoms with Crippen molar-refractivity contribution in [2.24, 2.45) is 0 Å². The second kappa shape index (κ2) is 5.53. The predicted octanol–water partition coefficient (Wildman–Crippen LogP) is 2.57. The number of hydrogen-bond acceptors (Lipinski definition) is 6. The summed E-state index contributed by atoms with van der Waals surface area (Å²) < 4.78 is 32.5. The summed E-state index contributed by atoms with van der Waals surface area (Å²) in [5.41, 5.74) is 0. The summed E-state index contributed by atoms with van der Waals surface area (Å²) >= 11 is 12.2. The molecule has 0 saturated carbocycles. The van der Waals surface area contributed by atoms with E-state index in [1.807, 2.05) is 0 Å². The van der Waals surface area contributed by atoms with Crippen LogP contribution in [-0.2, 0) is 19.0 Å². The van der Waals surface area contributed by atoms with Gasteiger partial charge in [-0.2, -0.15) is 8.42 Å². The SMILES string of the molecule is CCOS(=O)(=O)c1c(C(=O)OC)sc(Cl)c1Cl. The molecule has 9 heteroatoms. The average Bonchev–Trinajstić information content (AvgIpc) is 2.55. The van der Waals surface area contributed by atoms with Gasteiger partial charge in [0.25, 0.3) is 10.1 Å². The predicted molar refractivity (Wildman–Crippen MR) is 64.5 cm³/mol. The molecule has 0 fully saturated rings. The molecule has 17 heavy (non-hydrogen) atoms. The quantitative estimate of drug-likeness (QED) is 0.630. The lowest BCUT2D eigenvalue weighted by Crippen LogP contribution is -2.11. The first kappa shape index (κ1) is 14.7. The van der Waals surface area contributed by atoms with E-state index in [1.165, 1.54) is 6.92 Å². The lowest BCUT2D eigenvalue weighted by Gasteiger charge is -2.04. The van der Waals surface area contributed by atoms with Gasteiger partial charge in [0, 0.05) is 0 Å². The van der Waals surface area contributed by atoms with E-state index in [4.69, 9.17) is 23.2 Å². The van der Waals surface area contributed by atoms with E-state index >= 15 is 0 Å². The fourth-order valence-corrected chi connectivity index (χ4v) is 4.25. The van der Waals surface area contributed by atoms with Crippen LogP contribution < -0.4 is 0 Å². The van der Waals surface area contributed by atoms with Crippen LogP contribution in [0.25, 0.3) is 0 Å². The number of carbonyl (C=O) groups is 1. The monoisotopic (exact) mass is 318 g/mol. The molecule has 1 rings (SSSR count). The summed E-state index contributed by atoms with van der Waals surface area (Å²) in [4.78, 5) is 10.8. The molecule has 0 saturated heterocycles. The molecule has 0 spiro atoms. The molecular weight excluding hydrogens is 311 g/mol. The van der Waals surface area contributed by atoms with Crippen LogP contribution in [0.3, 0.4) is 0 Å². The van der Waals surface area contributed by atoms with Gasteiger partial charge >= 0.3 is 5.97 Å². The van der Waals surface area contributed by atoms with Crippen LogP contribution in [0.4, 0.5) is 0 Å².